The maximum atomic E-state index is 13.1. The zero-order valence-electron chi connectivity index (χ0n) is 19.1. The third kappa shape index (κ3) is 4.86. The summed E-state index contributed by atoms with van der Waals surface area (Å²) in [6.07, 6.45) is 3.76. The molecule has 2 unspecified atom stereocenters. The van der Waals surface area contributed by atoms with Crippen molar-refractivity contribution in [2.45, 2.75) is 44.9 Å². The van der Waals surface area contributed by atoms with Crippen molar-refractivity contribution in [1.29, 1.82) is 0 Å². The van der Waals surface area contributed by atoms with E-state index in [0.29, 0.717) is 48.7 Å². The van der Waals surface area contributed by atoms with Gasteiger partial charge < -0.3 is 20.3 Å². The zero-order chi connectivity index (χ0) is 23.5. The molecule has 34 heavy (non-hydrogen) atoms. The predicted molar refractivity (Wildman–Crippen MR) is 133 cm³/mol. The molecular formula is C26H28ClN5O2. The van der Waals surface area contributed by atoms with Gasteiger partial charge in [0.15, 0.2) is 0 Å². The molecular weight excluding hydrogens is 450 g/mol. The van der Waals surface area contributed by atoms with Crippen molar-refractivity contribution < 1.29 is 9.53 Å². The number of benzene rings is 2. The number of carbonyl (C=O) groups is 1. The van der Waals surface area contributed by atoms with Crippen LogP contribution in [-0.2, 0) is 17.8 Å². The van der Waals surface area contributed by atoms with Crippen LogP contribution < -0.4 is 15.5 Å². The number of hydrogen-bond acceptors (Lipinski definition) is 6. The Morgan fingerprint density at radius 2 is 1.85 bits per heavy atom. The second-order valence-corrected chi connectivity index (χ2v) is 9.27. The summed E-state index contributed by atoms with van der Waals surface area (Å²) in [6.45, 7) is 4.27. The van der Waals surface area contributed by atoms with Crippen LogP contribution in [0.15, 0.2) is 54.7 Å². The molecule has 176 valence electrons. The molecule has 3 aromatic rings. The normalized spacial score (nSPS) is 19.2. The summed E-state index contributed by atoms with van der Waals surface area (Å²) in [5, 5.41) is 7.06. The third-order valence-electron chi connectivity index (χ3n) is 6.48. The van der Waals surface area contributed by atoms with E-state index in [-0.39, 0.29) is 18.0 Å². The Balaban J connectivity index is 1.39. The van der Waals surface area contributed by atoms with Gasteiger partial charge in [-0.05, 0) is 42.5 Å². The van der Waals surface area contributed by atoms with Crippen molar-refractivity contribution >= 4 is 29.3 Å². The number of morpholine rings is 1. The Morgan fingerprint density at radius 1 is 1.09 bits per heavy atom. The van der Waals surface area contributed by atoms with Crippen molar-refractivity contribution in [3.63, 3.8) is 0 Å². The molecule has 2 aromatic carbocycles. The van der Waals surface area contributed by atoms with Gasteiger partial charge in [-0.1, -0.05) is 54.1 Å². The molecule has 2 N–H and O–H groups in total. The van der Waals surface area contributed by atoms with Gasteiger partial charge in [0, 0.05) is 24.3 Å². The lowest BCUT2D eigenvalue weighted by Gasteiger charge is -2.34. The van der Waals surface area contributed by atoms with E-state index in [1.807, 2.05) is 55.5 Å². The molecule has 0 aliphatic carbocycles. The van der Waals surface area contributed by atoms with Gasteiger partial charge in [0.25, 0.3) is 5.91 Å². The lowest BCUT2D eigenvalue weighted by molar-refractivity contribution is 0.0896. The quantitative estimate of drug-likeness (QED) is 0.526. The Morgan fingerprint density at radius 3 is 2.59 bits per heavy atom. The maximum absolute atomic E-state index is 13.1. The van der Waals surface area contributed by atoms with Crippen LogP contribution in [0, 0.1) is 6.92 Å². The first-order chi connectivity index (χ1) is 16.6. The summed E-state index contributed by atoms with van der Waals surface area (Å²) in [5.74, 6) is 0.933. The molecule has 1 amide bonds. The van der Waals surface area contributed by atoms with E-state index < -0.39 is 0 Å². The lowest BCUT2D eigenvalue weighted by Crippen LogP contribution is -2.46. The summed E-state index contributed by atoms with van der Waals surface area (Å²) in [4.78, 5) is 24.8. The van der Waals surface area contributed by atoms with E-state index in [0.717, 1.165) is 29.5 Å². The van der Waals surface area contributed by atoms with Crippen LogP contribution in [0.5, 0.6) is 0 Å². The van der Waals surface area contributed by atoms with Crippen LogP contribution in [0.1, 0.15) is 39.9 Å². The topological polar surface area (TPSA) is 79.4 Å². The summed E-state index contributed by atoms with van der Waals surface area (Å²) in [6, 6.07) is 16.3. The number of nitrogens with zero attached hydrogens (tertiary/aromatic N) is 3. The molecule has 0 radical (unpaired) electrons. The summed E-state index contributed by atoms with van der Waals surface area (Å²) in [7, 11) is 0. The lowest BCUT2D eigenvalue weighted by atomic mass is 10.1. The van der Waals surface area contributed by atoms with Crippen LogP contribution in [0.2, 0.25) is 5.02 Å². The number of carbonyl (C=O) groups excluding carboxylic acids is 1. The Kier molecular flexibility index (Phi) is 6.65. The van der Waals surface area contributed by atoms with Gasteiger partial charge in [0.05, 0.1) is 25.3 Å². The highest BCUT2D eigenvalue weighted by Gasteiger charge is 2.39. The highest BCUT2D eigenvalue weighted by atomic mass is 35.5. The molecule has 8 heteroatoms. The fraction of sp³-hybridized carbons (Fsp3) is 0.346. The van der Waals surface area contributed by atoms with Gasteiger partial charge in [0.2, 0.25) is 5.95 Å². The molecule has 2 aliphatic rings. The van der Waals surface area contributed by atoms with Crippen LogP contribution >= 0.6 is 11.6 Å². The second kappa shape index (κ2) is 9.99. The number of rotatable bonds is 7. The number of halogens is 1. The first-order valence-electron chi connectivity index (χ1n) is 11.6. The zero-order valence-corrected chi connectivity index (χ0v) is 19.9. The van der Waals surface area contributed by atoms with Crippen LogP contribution in [0.4, 0.5) is 11.8 Å². The molecule has 2 saturated heterocycles. The minimum Gasteiger partial charge on any atom is -0.377 e. The molecule has 2 bridgehead atoms. The average molecular weight is 478 g/mol. The number of hydrogen-bond donors (Lipinski definition) is 2. The van der Waals surface area contributed by atoms with Crippen molar-refractivity contribution in [1.82, 2.24) is 15.3 Å². The van der Waals surface area contributed by atoms with Gasteiger partial charge in [-0.3, -0.25) is 4.79 Å². The van der Waals surface area contributed by atoms with E-state index in [1.54, 1.807) is 6.20 Å². The second-order valence-electron chi connectivity index (χ2n) is 8.87. The van der Waals surface area contributed by atoms with E-state index in [9.17, 15) is 4.79 Å². The number of amides is 1. The number of fused-ring (bicyclic) bond motifs is 2. The maximum Gasteiger partial charge on any atom is 0.256 e. The molecule has 1 aromatic heterocycles. The molecule has 7 nitrogen and oxygen atoms in total. The van der Waals surface area contributed by atoms with E-state index in [4.69, 9.17) is 21.3 Å². The molecule has 0 saturated carbocycles. The van der Waals surface area contributed by atoms with E-state index >= 15 is 0 Å². The largest absolute Gasteiger partial charge is 0.377 e. The molecule has 2 atom stereocenters. The molecule has 2 fully saturated rings. The molecule has 2 aliphatic heterocycles. The van der Waals surface area contributed by atoms with Crippen molar-refractivity contribution in [2.75, 3.05) is 23.4 Å². The van der Waals surface area contributed by atoms with Gasteiger partial charge in [0.1, 0.15) is 11.4 Å². The first-order valence-corrected chi connectivity index (χ1v) is 12.0. The number of nitrogens with one attached hydrogen (secondary N) is 2. The van der Waals surface area contributed by atoms with E-state index in [1.165, 1.54) is 0 Å². The molecule has 5 rings (SSSR count). The summed E-state index contributed by atoms with van der Waals surface area (Å²) < 4.78 is 5.71. The number of aromatic nitrogens is 2. The monoisotopic (exact) mass is 477 g/mol. The highest BCUT2D eigenvalue weighted by molar-refractivity contribution is 6.31. The van der Waals surface area contributed by atoms with E-state index in [2.05, 4.69) is 20.5 Å². The number of ether oxygens (including phenoxy) is 1. The minimum absolute atomic E-state index is 0.218. The van der Waals surface area contributed by atoms with Crippen molar-refractivity contribution in [3.8, 4) is 0 Å². The third-order valence-corrected chi connectivity index (χ3v) is 6.89. The predicted octanol–water partition coefficient (Wildman–Crippen LogP) is 4.35. The molecule has 3 heterocycles. The van der Waals surface area contributed by atoms with Gasteiger partial charge in [-0.2, -0.15) is 4.98 Å². The average Bonchev–Trinajstić information content (AvgIpc) is 3.11. The number of aryl methyl sites for hydroxylation is 1. The Bertz CT molecular complexity index is 1160. The van der Waals surface area contributed by atoms with Gasteiger partial charge in [-0.25, -0.2) is 4.98 Å². The summed E-state index contributed by atoms with van der Waals surface area (Å²) >= 11 is 6.31. The SMILES string of the molecule is Cc1ccc(CNc2nc(N3C4CCC3COC4)ncc2C(=O)NCc2ccccc2)cc1Cl. The number of anilines is 2. The van der Waals surface area contributed by atoms with Crippen LogP contribution in [0.25, 0.3) is 0 Å². The summed E-state index contributed by atoms with van der Waals surface area (Å²) in [5.41, 5.74) is 3.48. The standard InChI is InChI=1S/C26H28ClN5O2/c1-17-7-8-19(11-23(17)27)13-28-24-22(25(33)29-12-18-5-3-2-4-6-18)14-30-26(31-24)32-20-9-10-21(32)16-34-15-20/h2-8,11,14,20-21H,9-10,12-13,15-16H2,1H3,(H,29,33)(H,28,30,31). The smallest absolute Gasteiger partial charge is 0.256 e. The van der Waals surface area contributed by atoms with Gasteiger partial charge >= 0.3 is 0 Å². The first kappa shape index (κ1) is 22.6. The van der Waals surface area contributed by atoms with Crippen molar-refractivity contribution in [2.24, 2.45) is 0 Å². The highest BCUT2D eigenvalue weighted by Crippen LogP contribution is 2.33. The van der Waals surface area contributed by atoms with Crippen LogP contribution in [-0.4, -0.2) is 41.2 Å². The Hall–Kier alpha value is -3.16. The van der Waals surface area contributed by atoms with Gasteiger partial charge in [-0.15, -0.1) is 0 Å². The fourth-order valence-electron chi connectivity index (χ4n) is 4.56. The molecule has 0 spiro atoms. The Labute approximate surface area is 204 Å². The fourth-order valence-corrected chi connectivity index (χ4v) is 4.76. The minimum atomic E-state index is -0.218. The van der Waals surface area contributed by atoms with Crippen LogP contribution in [0.3, 0.4) is 0 Å². The van der Waals surface area contributed by atoms with Crippen molar-refractivity contribution in [3.05, 3.63) is 82.0 Å².